The van der Waals surface area contributed by atoms with Gasteiger partial charge in [-0.1, -0.05) is 6.08 Å². The third kappa shape index (κ3) is 3.47. The van der Waals surface area contributed by atoms with Gasteiger partial charge in [0.2, 0.25) is 0 Å². The number of carbonyl (C=O) groups is 1. The number of aromatic carboxylic acids is 1. The summed E-state index contributed by atoms with van der Waals surface area (Å²) in [6, 6.07) is 8.29. The number of rotatable bonds is 5. The Labute approximate surface area is 169 Å². The summed E-state index contributed by atoms with van der Waals surface area (Å²) in [4.78, 5) is 16.4. The van der Waals surface area contributed by atoms with Gasteiger partial charge in [0.25, 0.3) is 0 Å². The minimum atomic E-state index is -0.900. The smallest absolute Gasteiger partial charge is 0.337 e. The Morgan fingerprint density at radius 2 is 2.17 bits per heavy atom. The average Bonchev–Trinajstić information content (AvgIpc) is 3.52. The molecule has 1 aromatic carbocycles. The molecule has 2 aromatic heterocycles. The molecule has 0 amide bonds. The fourth-order valence-corrected chi connectivity index (χ4v) is 4.29. The molecule has 1 fully saturated rings. The number of pyridine rings is 1. The van der Waals surface area contributed by atoms with E-state index in [4.69, 9.17) is 4.74 Å². The maximum Gasteiger partial charge on any atom is 0.337 e. The third-order valence-electron chi connectivity index (χ3n) is 5.98. The Kier molecular flexibility index (Phi) is 4.47. The lowest BCUT2D eigenvalue weighted by atomic mass is 9.94. The van der Waals surface area contributed by atoms with Crippen LogP contribution >= 0.6 is 0 Å². The number of hydrogen-bond donors (Lipinski definition) is 1. The summed E-state index contributed by atoms with van der Waals surface area (Å²) in [6.45, 7) is 1.37. The number of benzene rings is 1. The van der Waals surface area contributed by atoms with Gasteiger partial charge < -0.3 is 14.4 Å². The lowest BCUT2D eigenvalue weighted by Gasteiger charge is -2.17. The number of nitrogens with zero attached hydrogens (tertiary/aromatic N) is 2. The van der Waals surface area contributed by atoms with Gasteiger partial charge in [-0.15, -0.1) is 0 Å². The predicted octanol–water partition coefficient (Wildman–Crippen LogP) is 4.54. The zero-order valence-electron chi connectivity index (χ0n) is 16.5. The lowest BCUT2D eigenvalue weighted by molar-refractivity contribution is 0.0695. The molecule has 5 rings (SSSR count). The van der Waals surface area contributed by atoms with Gasteiger partial charge in [-0.2, -0.15) is 0 Å². The van der Waals surface area contributed by atoms with Crippen LogP contribution < -0.4 is 0 Å². The molecule has 1 aliphatic carbocycles. The van der Waals surface area contributed by atoms with Gasteiger partial charge in [0, 0.05) is 36.8 Å². The highest BCUT2D eigenvalue weighted by molar-refractivity contribution is 5.93. The molecule has 3 aromatic rings. The van der Waals surface area contributed by atoms with Gasteiger partial charge in [0.05, 0.1) is 30.0 Å². The number of fused-ring (bicyclic) bond motifs is 1. The molecule has 1 N–H and O–H groups in total. The van der Waals surface area contributed by atoms with Gasteiger partial charge in [0.1, 0.15) is 0 Å². The highest BCUT2D eigenvalue weighted by Crippen LogP contribution is 2.40. The molecule has 0 bridgehead atoms. The molecular formula is C24H24N2O3. The Balaban J connectivity index is 1.57. The van der Waals surface area contributed by atoms with E-state index in [9.17, 15) is 9.90 Å². The minimum absolute atomic E-state index is 0.328. The second-order valence-electron chi connectivity index (χ2n) is 8.08. The topological polar surface area (TPSA) is 64.4 Å². The van der Waals surface area contributed by atoms with Crippen LogP contribution in [-0.4, -0.2) is 33.8 Å². The van der Waals surface area contributed by atoms with Crippen LogP contribution in [-0.2, 0) is 18.2 Å². The summed E-state index contributed by atoms with van der Waals surface area (Å²) < 4.78 is 7.64. The summed E-state index contributed by atoms with van der Waals surface area (Å²) in [6.07, 6.45) is 9.75. The van der Waals surface area contributed by atoms with Gasteiger partial charge in [0.15, 0.2) is 0 Å². The van der Waals surface area contributed by atoms with E-state index in [0.717, 1.165) is 37.0 Å². The molecular weight excluding hydrogens is 364 g/mol. The van der Waals surface area contributed by atoms with E-state index in [0.29, 0.717) is 30.2 Å². The van der Waals surface area contributed by atoms with Crippen LogP contribution in [0.3, 0.4) is 0 Å². The average molecular weight is 388 g/mol. The zero-order chi connectivity index (χ0) is 20.0. The summed E-state index contributed by atoms with van der Waals surface area (Å²) in [5.74, 6) is -0.412. The van der Waals surface area contributed by atoms with E-state index >= 15 is 0 Å². The van der Waals surface area contributed by atoms with Crippen molar-refractivity contribution in [3.63, 3.8) is 0 Å². The van der Waals surface area contributed by atoms with Gasteiger partial charge >= 0.3 is 5.97 Å². The first-order chi connectivity index (χ1) is 14.1. The van der Waals surface area contributed by atoms with Crippen LogP contribution in [0.2, 0.25) is 0 Å². The first-order valence-corrected chi connectivity index (χ1v) is 10.2. The van der Waals surface area contributed by atoms with Crippen LogP contribution in [0.1, 0.15) is 57.9 Å². The van der Waals surface area contributed by atoms with E-state index in [2.05, 4.69) is 47.1 Å². The number of aryl methyl sites for hydroxylation is 1. The first kappa shape index (κ1) is 18.1. The van der Waals surface area contributed by atoms with E-state index in [1.54, 1.807) is 0 Å². The van der Waals surface area contributed by atoms with Crippen molar-refractivity contribution in [2.24, 2.45) is 7.05 Å². The first-order valence-electron chi connectivity index (χ1n) is 10.2. The Hall–Kier alpha value is -2.92. The molecule has 3 heterocycles. The Morgan fingerprint density at radius 3 is 2.90 bits per heavy atom. The summed E-state index contributed by atoms with van der Waals surface area (Å²) in [5.41, 5.74) is 6.80. The molecule has 1 aliphatic heterocycles. The fourth-order valence-electron chi connectivity index (χ4n) is 4.29. The van der Waals surface area contributed by atoms with Crippen LogP contribution in [0.5, 0.6) is 0 Å². The fraction of sp³-hybridized carbons (Fsp3) is 0.333. The van der Waals surface area contributed by atoms with E-state index in [-0.39, 0.29) is 0 Å². The maximum absolute atomic E-state index is 11.9. The van der Waals surface area contributed by atoms with Crippen molar-refractivity contribution in [1.82, 2.24) is 9.55 Å². The van der Waals surface area contributed by atoms with Crippen molar-refractivity contribution in [2.45, 2.75) is 31.6 Å². The molecule has 5 nitrogen and oxygen atoms in total. The van der Waals surface area contributed by atoms with Crippen molar-refractivity contribution in [2.75, 3.05) is 13.2 Å². The van der Waals surface area contributed by atoms with Crippen LogP contribution in [0.4, 0.5) is 0 Å². The number of hydrogen-bond acceptors (Lipinski definition) is 3. The Bertz CT molecular complexity index is 1140. The van der Waals surface area contributed by atoms with Crippen molar-refractivity contribution < 1.29 is 14.6 Å². The SMILES string of the molecule is Cn1ccc2cc(Cc3ncc(C4CC4)cc3C(=O)O)cc(C3=CCOCC3)c21. The van der Waals surface area contributed by atoms with Crippen molar-refractivity contribution in [1.29, 1.82) is 0 Å². The molecule has 0 spiro atoms. The molecule has 5 heteroatoms. The summed E-state index contributed by atoms with van der Waals surface area (Å²) in [5, 5.41) is 10.9. The van der Waals surface area contributed by atoms with Gasteiger partial charge in [-0.25, -0.2) is 4.79 Å². The molecule has 0 atom stereocenters. The second-order valence-corrected chi connectivity index (χ2v) is 8.08. The highest BCUT2D eigenvalue weighted by Gasteiger charge is 2.26. The Morgan fingerprint density at radius 1 is 1.31 bits per heavy atom. The number of aromatic nitrogens is 2. The summed E-state index contributed by atoms with van der Waals surface area (Å²) >= 11 is 0. The number of carboxylic acids is 1. The van der Waals surface area contributed by atoms with Crippen LogP contribution in [0, 0.1) is 0 Å². The van der Waals surface area contributed by atoms with Crippen molar-refractivity contribution in [3.8, 4) is 0 Å². The predicted molar refractivity (Wildman–Crippen MR) is 112 cm³/mol. The number of ether oxygens (including phenoxy) is 1. The quantitative estimate of drug-likeness (QED) is 0.697. The van der Waals surface area contributed by atoms with Crippen molar-refractivity contribution in [3.05, 3.63) is 70.7 Å². The highest BCUT2D eigenvalue weighted by atomic mass is 16.5. The van der Waals surface area contributed by atoms with Crippen molar-refractivity contribution >= 4 is 22.4 Å². The van der Waals surface area contributed by atoms with Gasteiger partial charge in [-0.3, -0.25) is 4.98 Å². The monoisotopic (exact) mass is 388 g/mol. The van der Waals surface area contributed by atoms with E-state index in [1.807, 2.05) is 12.3 Å². The molecule has 29 heavy (non-hydrogen) atoms. The largest absolute Gasteiger partial charge is 0.478 e. The normalized spacial score (nSPS) is 16.8. The van der Waals surface area contributed by atoms with E-state index < -0.39 is 5.97 Å². The third-order valence-corrected chi connectivity index (χ3v) is 5.98. The molecule has 0 unspecified atom stereocenters. The summed E-state index contributed by atoms with van der Waals surface area (Å²) in [7, 11) is 2.06. The maximum atomic E-state index is 11.9. The molecule has 0 saturated heterocycles. The molecule has 148 valence electrons. The van der Waals surface area contributed by atoms with Crippen LogP contribution in [0.15, 0.2) is 42.7 Å². The second kappa shape index (κ2) is 7.16. The van der Waals surface area contributed by atoms with Crippen LogP contribution in [0.25, 0.3) is 16.5 Å². The van der Waals surface area contributed by atoms with E-state index in [1.165, 1.54) is 22.0 Å². The molecule has 1 saturated carbocycles. The lowest BCUT2D eigenvalue weighted by Crippen LogP contribution is -2.08. The standard InChI is InChI=1S/C24H24N2O3/c1-26-7-4-18-10-15(11-20(23(18)26)17-5-8-29-9-6-17)12-22-21(24(27)28)13-19(14-25-22)16-2-3-16/h4-5,7,10-11,13-14,16H,2-3,6,8-9,12H2,1H3,(H,27,28). The molecule has 2 aliphatic rings. The molecule has 0 radical (unpaired) electrons. The number of carboxylic acid groups (broad SMARTS) is 1. The minimum Gasteiger partial charge on any atom is -0.478 e. The van der Waals surface area contributed by atoms with Gasteiger partial charge in [-0.05, 0) is 66.1 Å². The zero-order valence-corrected chi connectivity index (χ0v) is 16.5.